The molecule has 18 heavy (non-hydrogen) atoms. The van der Waals surface area contributed by atoms with Crippen LogP contribution in [-0.4, -0.2) is 23.5 Å². The lowest BCUT2D eigenvalue weighted by molar-refractivity contribution is -0.137. The second-order valence-electron chi connectivity index (χ2n) is 4.18. The molecule has 0 heterocycles. The smallest absolute Gasteiger partial charge is 0.303 e. The normalized spacial score (nSPS) is 10.2. The van der Waals surface area contributed by atoms with Gasteiger partial charge in [-0.15, -0.1) is 0 Å². The van der Waals surface area contributed by atoms with Crippen molar-refractivity contribution >= 4 is 11.9 Å². The van der Waals surface area contributed by atoms with Gasteiger partial charge in [0.2, 0.25) is 0 Å². The Bertz CT molecular complexity index is 448. The van der Waals surface area contributed by atoms with Gasteiger partial charge in [-0.25, -0.2) is 4.39 Å². The van der Waals surface area contributed by atoms with Crippen LogP contribution >= 0.6 is 0 Å². The summed E-state index contributed by atoms with van der Waals surface area (Å²) in [6, 6.07) is 2.96. The molecule has 5 heteroatoms. The van der Waals surface area contributed by atoms with E-state index < -0.39 is 5.97 Å². The van der Waals surface area contributed by atoms with Crippen LogP contribution in [0.1, 0.15) is 34.3 Å². The third-order valence-corrected chi connectivity index (χ3v) is 2.55. The highest BCUT2D eigenvalue weighted by molar-refractivity contribution is 5.94. The van der Waals surface area contributed by atoms with Crippen LogP contribution in [0.25, 0.3) is 0 Å². The largest absolute Gasteiger partial charge is 0.481 e. The van der Waals surface area contributed by atoms with Crippen LogP contribution in [0.15, 0.2) is 12.1 Å². The van der Waals surface area contributed by atoms with E-state index >= 15 is 0 Å². The zero-order valence-electron chi connectivity index (χ0n) is 10.4. The topological polar surface area (TPSA) is 66.4 Å². The molecule has 98 valence electrons. The van der Waals surface area contributed by atoms with Gasteiger partial charge in [-0.2, -0.15) is 0 Å². The summed E-state index contributed by atoms with van der Waals surface area (Å²) in [5.41, 5.74) is 1.23. The maximum atomic E-state index is 13.4. The number of halogens is 1. The van der Waals surface area contributed by atoms with Gasteiger partial charge in [-0.05, 0) is 43.5 Å². The molecule has 1 aromatic rings. The maximum Gasteiger partial charge on any atom is 0.303 e. The molecule has 1 amide bonds. The Balaban J connectivity index is 2.59. The van der Waals surface area contributed by atoms with Crippen molar-refractivity contribution in [2.45, 2.75) is 26.7 Å². The van der Waals surface area contributed by atoms with E-state index in [4.69, 9.17) is 5.11 Å². The van der Waals surface area contributed by atoms with Crippen molar-refractivity contribution in [2.75, 3.05) is 6.54 Å². The molecule has 1 rings (SSSR count). The molecule has 4 nitrogen and oxygen atoms in total. The number of carbonyl (C=O) groups excluding carboxylic acids is 1. The zero-order chi connectivity index (χ0) is 13.7. The summed E-state index contributed by atoms with van der Waals surface area (Å²) < 4.78 is 13.4. The van der Waals surface area contributed by atoms with Crippen LogP contribution in [0.5, 0.6) is 0 Å². The van der Waals surface area contributed by atoms with Gasteiger partial charge in [0.15, 0.2) is 0 Å². The first-order chi connectivity index (χ1) is 8.41. The lowest BCUT2D eigenvalue weighted by Gasteiger charge is -2.07. The van der Waals surface area contributed by atoms with Gasteiger partial charge in [0, 0.05) is 18.5 Å². The number of carbonyl (C=O) groups is 2. The number of hydrogen-bond acceptors (Lipinski definition) is 2. The first kappa shape index (κ1) is 14.2. The molecule has 0 saturated heterocycles. The highest BCUT2D eigenvalue weighted by Crippen LogP contribution is 2.14. The second-order valence-corrected chi connectivity index (χ2v) is 4.18. The summed E-state index contributed by atoms with van der Waals surface area (Å²) in [5.74, 6) is -1.51. The van der Waals surface area contributed by atoms with E-state index in [9.17, 15) is 14.0 Å². The van der Waals surface area contributed by atoms with Gasteiger partial charge in [0.05, 0.1) is 0 Å². The molecule has 0 saturated carbocycles. The molecule has 0 bridgehead atoms. The Hall–Kier alpha value is -1.91. The van der Waals surface area contributed by atoms with E-state index in [2.05, 4.69) is 5.32 Å². The number of aryl methyl sites for hydroxylation is 2. The van der Waals surface area contributed by atoms with Gasteiger partial charge in [0.25, 0.3) is 5.91 Å². The fourth-order valence-electron chi connectivity index (χ4n) is 1.62. The zero-order valence-corrected chi connectivity index (χ0v) is 10.4. The minimum atomic E-state index is -0.891. The second kappa shape index (κ2) is 6.14. The van der Waals surface area contributed by atoms with Gasteiger partial charge in [-0.3, -0.25) is 9.59 Å². The van der Waals surface area contributed by atoms with E-state index in [0.717, 1.165) is 0 Å². The standard InChI is InChI=1S/C13H16FNO3/c1-8-6-10(7-9(2)12(8)14)13(18)15-5-3-4-11(16)17/h6-7H,3-5H2,1-2H3,(H,15,18)(H,16,17). The summed E-state index contributed by atoms with van der Waals surface area (Å²) in [6.07, 6.45) is 0.391. The monoisotopic (exact) mass is 253 g/mol. The number of carboxylic acid groups (broad SMARTS) is 1. The molecule has 0 aliphatic rings. The molecule has 0 unspecified atom stereocenters. The van der Waals surface area contributed by atoms with Crippen molar-refractivity contribution in [3.05, 3.63) is 34.6 Å². The lowest BCUT2D eigenvalue weighted by Crippen LogP contribution is -2.25. The summed E-state index contributed by atoms with van der Waals surface area (Å²) in [6.45, 7) is 3.49. The minimum absolute atomic E-state index is 0.0156. The van der Waals surface area contributed by atoms with Gasteiger partial charge >= 0.3 is 5.97 Å². The summed E-state index contributed by atoms with van der Waals surface area (Å²) >= 11 is 0. The molecule has 0 radical (unpaired) electrons. The van der Waals surface area contributed by atoms with Crippen LogP contribution in [0.4, 0.5) is 4.39 Å². The fourth-order valence-corrected chi connectivity index (χ4v) is 1.62. The first-order valence-corrected chi connectivity index (χ1v) is 5.68. The average molecular weight is 253 g/mol. The van der Waals surface area contributed by atoms with E-state index in [1.807, 2.05) is 0 Å². The lowest BCUT2D eigenvalue weighted by atomic mass is 10.1. The summed E-state index contributed by atoms with van der Waals surface area (Å²) in [5, 5.41) is 11.0. The van der Waals surface area contributed by atoms with Gasteiger partial charge in [-0.1, -0.05) is 0 Å². The molecule has 1 aromatic carbocycles. The predicted octanol–water partition coefficient (Wildman–Crippen LogP) is 2.04. The maximum absolute atomic E-state index is 13.4. The molecule has 2 N–H and O–H groups in total. The predicted molar refractivity (Wildman–Crippen MR) is 65.1 cm³/mol. The summed E-state index contributed by atoms with van der Waals surface area (Å²) in [4.78, 5) is 22.0. The van der Waals surface area contributed by atoms with Crippen LogP contribution < -0.4 is 5.32 Å². The van der Waals surface area contributed by atoms with Crippen LogP contribution in [-0.2, 0) is 4.79 Å². The molecule has 0 atom stereocenters. The third kappa shape index (κ3) is 3.84. The molecular weight excluding hydrogens is 237 g/mol. The van der Waals surface area contributed by atoms with Crippen molar-refractivity contribution in [2.24, 2.45) is 0 Å². The summed E-state index contributed by atoms with van der Waals surface area (Å²) in [7, 11) is 0. The SMILES string of the molecule is Cc1cc(C(=O)NCCCC(=O)O)cc(C)c1F. The van der Waals surface area contributed by atoms with Crippen molar-refractivity contribution < 1.29 is 19.1 Å². The first-order valence-electron chi connectivity index (χ1n) is 5.68. The van der Waals surface area contributed by atoms with E-state index in [0.29, 0.717) is 29.7 Å². The van der Waals surface area contributed by atoms with Crippen molar-refractivity contribution in [3.8, 4) is 0 Å². The van der Waals surface area contributed by atoms with E-state index in [-0.39, 0.29) is 18.1 Å². The van der Waals surface area contributed by atoms with Crippen LogP contribution in [0, 0.1) is 19.7 Å². The third-order valence-electron chi connectivity index (χ3n) is 2.55. The van der Waals surface area contributed by atoms with Crippen molar-refractivity contribution in [1.29, 1.82) is 0 Å². The number of amides is 1. The quantitative estimate of drug-likeness (QED) is 0.789. The molecule has 0 aliphatic heterocycles. The number of aliphatic carboxylic acids is 1. The number of rotatable bonds is 5. The Kier molecular flexibility index (Phi) is 4.83. The fraction of sp³-hybridized carbons (Fsp3) is 0.385. The average Bonchev–Trinajstić information content (AvgIpc) is 2.30. The Morgan fingerprint density at radius 1 is 1.28 bits per heavy atom. The van der Waals surface area contributed by atoms with Crippen LogP contribution in [0.3, 0.4) is 0 Å². The molecule has 0 aliphatic carbocycles. The van der Waals surface area contributed by atoms with E-state index in [1.165, 1.54) is 12.1 Å². The Morgan fingerprint density at radius 2 is 1.83 bits per heavy atom. The molecule has 0 aromatic heterocycles. The van der Waals surface area contributed by atoms with Crippen molar-refractivity contribution in [3.63, 3.8) is 0 Å². The Labute approximate surface area is 105 Å². The minimum Gasteiger partial charge on any atom is -0.481 e. The van der Waals surface area contributed by atoms with Gasteiger partial charge in [0.1, 0.15) is 5.82 Å². The number of carboxylic acids is 1. The van der Waals surface area contributed by atoms with Crippen LogP contribution in [0.2, 0.25) is 0 Å². The molecular formula is C13H16FNO3. The highest BCUT2D eigenvalue weighted by atomic mass is 19.1. The number of benzene rings is 1. The highest BCUT2D eigenvalue weighted by Gasteiger charge is 2.10. The van der Waals surface area contributed by atoms with Crippen molar-refractivity contribution in [1.82, 2.24) is 5.32 Å². The number of nitrogens with one attached hydrogen (secondary N) is 1. The van der Waals surface area contributed by atoms with Gasteiger partial charge < -0.3 is 10.4 Å². The number of hydrogen-bond donors (Lipinski definition) is 2. The molecule has 0 spiro atoms. The van der Waals surface area contributed by atoms with E-state index in [1.54, 1.807) is 13.8 Å². The Morgan fingerprint density at radius 3 is 2.33 bits per heavy atom. The molecule has 0 fully saturated rings.